The molecule has 3 N–H and O–H groups in total. The lowest BCUT2D eigenvalue weighted by atomic mass is 9.81. The molecule has 1 saturated carbocycles. The highest BCUT2D eigenvalue weighted by Gasteiger charge is 2.50. The third-order valence-corrected chi connectivity index (χ3v) is 6.17. The molecule has 0 aromatic heterocycles. The molecule has 1 saturated heterocycles. The molecule has 0 spiro atoms. The van der Waals surface area contributed by atoms with Gasteiger partial charge >= 0.3 is 5.97 Å². The second-order valence-corrected chi connectivity index (χ2v) is 8.62. The van der Waals surface area contributed by atoms with E-state index < -0.39 is 35.1 Å². The third-order valence-electron chi connectivity index (χ3n) is 5.94. The minimum Gasteiger partial charge on any atom is -0.481 e. The van der Waals surface area contributed by atoms with Crippen LogP contribution in [0.3, 0.4) is 0 Å². The summed E-state index contributed by atoms with van der Waals surface area (Å²) in [4.78, 5) is 48.5. The fourth-order valence-corrected chi connectivity index (χ4v) is 4.39. The van der Waals surface area contributed by atoms with Gasteiger partial charge in [-0.15, -0.1) is 0 Å². The number of hydrogen-bond donors (Lipinski definition) is 3. The lowest BCUT2D eigenvalue weighted by Crippen LogP contribution is -2.53. The van der Waals surface area contributed by atoms with E-state index in [1.54, 1.807) is 0 Å². The quantitative estimate of drug-likeness (QED) is 0.459. The zero-order chi connectivity index (χ0) is 23.5. The number of carbonyl (C=O) groups excluding carboxylic acids is 3. The van der Waals surface area contributed by atoms with E-state index in [4.69, 9.17) is 16.7 Å². The number of hydrogen-bond acceptors (Lipinski definition) is 4. The van der Waals surface area contributed by atoms with Crippen molar-refractivity contribution >= 4 is 35.3 Å². The van der Waals surface area contributed by atoms with Crippen LogP contribution < -0.4 is 10.7 Å². The molecule has 0 radical (unpaired) electrons. The Morgan fingerprint density at radius 3 is 2.62 bits per heavy atom. The van der Waals surface area contributed by atoms with E-state index in [-0.39, 0.29) is 48.2 Å². The first kappa shape index (κ1) is 23.7. The van der Waals surface area contributed by atoms with Crippen molar-refractivity contribution in [3.05, 3.63) is 47.3 Å². The average Bonchev–Trinajstić information content (AvgIpc) is 3.52. The van der Waals surface area contributed by atoms with Gasteiger partial charge in [0.25, 0.3) is 0 Å². The molecule has 3 rings (SSSR count). The van der Waals surface area contributed by atoms with Gasteiger partial charge in [0.05, 0.1) is 12.0 Å². The Bertz CT molecular complexity index is 951. The molecule has 32 heavy (non-hydrogen) atoms. The molecule has 1 aliphatic carbocycles. The van der Waals surface area contributed by atoms with Gasteiger partial charge in [0.1, 0.15) is 5.82 Å². The van der Waals surface area contributed by atoms with Crippen LogP contribution in [0.15, 0.2) is 30.9 Å². The van der Waals surface area contributed by atoms with E-state index in [9.17, 15) is 23.6 Å². The Labute approximate surface area is 189 Å². The summed E-state index contributed by atoms with van der Waals surface area (Å²) in [6.07, 6.45) is 2.63. The van der Waals surface area contributed by atoms with Gasteiger partial charge < -0.3 is 10.4 Å². The Hall–Kier alpha value is -2.94. The molecule has 3 amide bonds. The summed E-state index contributed by atoms with van der Waals surface area (Å²) in [6, 6.07) is 4.07. The van der Waals surface area contributed by atoms with E-state index in [0.717, 1.165) is 12.1 Å². The van der Waals surface area contributed by atoms with E-state index in [0.29, 0.717) is 19.3 Å². The van der Waals surface area contributed by atoms with Crippen molar-refractivity contribution in [2.75, 3.05) is 6.54 Å². The summed E-state index contributed by atoms with van der Waals surface area (Å²) in [6.45, 7) is 3.69. The van der Waals surface area contributed by atoms with Gasteiger partial charge in [0, 0.05) is 29.5 Å². The second-order valence-electron chi connectivity index (χ2n) is 8.18. The number of halogens is 2. The maximum Gasteiger partial charge on any atom is 0.303 e. The van der Waals surface area contributed by atoms with Gasteiger partial charge in [-0.3, -0.25) is 29.6 Å². The molecule has 2 fully saturated rings. The number of carboxylic acids is 1. The monoisotopic (exact) mass is 465 g/mol. The Morgan fingerprint density at radius 1 is 1.31 bits per heavy atom. The number of rotatable bonds is 10. The van der Waals surface area contributed by atoms with Crippen LogP contribution in [-0.4, -0.2) is 40.4 Å². The molecule has 2 aliphatic rings. The molecule has 172 valence electrons. The number of nitrogens with zero attached hydrogens (tertiary/aromatic N) is 1. The van der Waals surface area contributed by atoms with Crippen LogP contribution in [0.4, 0.5) is 4.39 Å². The molecular formula is C22H25ClFN3O5. The highest BCUT2D eigenvalue weighted by atomic mass is 35.5. The van der Waals surface area contributed by atoms with E-state index in [2.05, 4.69) is 17.3 Å². The van der Waals surface area contributed by atoms with Crippen LogP contribution in [0, 0.1) is 17.7 Å². The van der Waals surface area contributed by atoms with Crippen molar-refractivity contribution in [3.8, 4) is 0 Å². The van der Waals surface area contributed by atoms with E-state index >= 15 is 0 Å². The summed E-state index contributed by atoms with van der Waals surface area (Å²) in [7, 11) is 0. The number of carbonyl (C=O) groups is 4. The first-order valence-electron chi connectivity index (χ1n) is 10.4. The minimum absolute atomic E-state index is 0.133. The second kappa shape index (κ2) is 9.68. The molecule has 10 heteroatoms. The third kappa shape index (κ3) is 5.27. The Balaban J connectivity index is 1.80. The zero-order valence-corrected chi connectivity index (χ0v) is 18.2. The van der Waals surface area contributed by atoms with Crippen molar-refractivity contribution in [1.82, 2.24) is 15.8 Å². The maximum absolute atomic E-state index is 14.9. The summed E-state index contributed by atoms with van der Waals surface area (Å²) in [5.74, 6) is -3.76. The predicted octanol–water partition coefficient (Wildman–Crippen LogP) is 2.52. The fraction of sp³-hybridized carbons (Fsp3) is 0.455. The minimum atomic E-state index is -1.32. The highest BCUT2D eigenvalue weighted by molar-refractivity contribution is 6.30. The molecule has 1 aromatic rings. The molecule has 1 aromatic carbocycles. The summed E-state index contributed by atoms with van der Waals surface area (Å²) in [5.41, 5.74) is 1.36. The summed E-state index contributed by atoms with van der Waals surface area (Å²) in [5, 5.41) is 12.9. The highest BCUT2D eigenvalue weighted by Crippen LogP contribution is 2.49. The smallest absolute Gasteiger partial charge is 0.303 e. The van der Waals surface area contributed by atoms with Crippen LogP contribution in [0.1, 0.15) is 44.1 Å². The molecule has 8 nitrogen and oxygen atoms in total. The largest absolute Gasteiger partial charge is 0.481 e. The maximum atomic E-state index is 14.9. The van der Waals surface area contributed by atoms with Crippen molar-refractivity contribution in [2.45, 2.75) is 44.1 Å². The topological polar surface area (TPSA) is 116 Å². The van der Waals surface area contributed by atoms with Crippen LogP contribution >= 0.6 is 11.6 Å². The number of carboxylic acid groups (broad SMARTS) is 1. The first-order chi connectivity index (χ1) is 15.2. The Kier molecular flexibility index (Phi) is 7.18. The van der Waals surface area contributed by atoms with Gasteiger partial charge in [0.15, 0.2) is 0 Å². The first-order valence-corrected chi connectivity index (χ1v) is 10.8. The molecule has 2 atom stereocenters. The van der Waals surface area contributed by atoms with Crippen molar-refractivity contribution in [3.63, 3.8) is 0 Å². The van der Waals surface area contributed by atoms with Gasteiger partial charge in [-0.2, -0.15) is 0 Å². The van der Waals surface area contributed by atoms with Crippen molar-refractivity contribution in [1.29, 1.82) is 0 Å². The number of nitrogens with one attached hydrogen (secondary N) is 2. The van der Waals surface area contributed by atoms with Crippen LogP contribution in [0.25, 0.3) is 0 Å². The predicted molar refractivity (Wildman–Crippen MR) is 114 cm³/mol. The van der Waals surface area contributed by atoms with Gasteiger partial charge in [-0.05, 0) is 49.8 Å². The Morgan fingerprint density at radius 2 is 2.03 bits per heavy atom. The number of aliphatic carboxylic acids is 1. The van der Waals surface area contributed by atoms with Crippen LogP contribution in [0.5, 0.6) is 0 Å². The van der Waals surface area contributed by atoms with Crippen LogP contribution in [0.2, 0.25) is 5.02 Å². The summed E-state index contributed by atoms with van der Waals surface area (Å²) < 4.78 is 14.9. The lowest BCUT2D eigenvalue weighted by molar-refractivity contribution is -0.142. The standard InChI is InChI=1S/C22H25ClFN3O5/c1-2-18(28)25-22(14-4-5-14,16-7-6-15(23)11-17(16)24)12-19(29)26-27-10-9-13(21(27)32)3-8-20(30)31/h2,6-7,11,13-14H,1,3-5,8-10,12H2,(H,25,28)(H,26,29)(H,30,31)/t13-,22-/m0/s1. The zero-order valence-electron chi connectivity index (χ0n) is 17.4. The van der Waals surface area contributed by atoms with E-state index in [1.807, 2.05) is 0 Å². The molecule has 1 heterocycles. The van der Waals surface area contributed by atoms with Crippen molar-refractivity contribution < 1.29 is 28.7 Å². The van der Waals surface area contributed by atoms with Gasteiger partial charge in [-0.25, -0.2) is 4.39 Å². The van der Waals surface area contributed by atoms with Gasteiger partial charge in [-0.1, -0.05) is 24.2 Å². The fourth-order valence-electron chi connectivity index (χ4n) is 4.23. The summed E-state index contributed by atoms with van der Waals surface area (Å²) >= 11 is 5.89. The van der Waals surface area contributed by atoms with Crippen LogP contribution in [-0.2, 0) is 24.7 Å². The SMILES string of the molecule is C=CC(=O)N[C@](CC(=O)NN1CC[C@H](CCC(=O)O)C1=O)(c1ccc(Cl)cc1F)C1CC1. The normalized spacial score (nSPS) is 19.9. The van der Waals surface area contributed by atoms with Crippen molar-refractivity contribution in [2.24, 2.45) is 11.8 Å². The van der Waals surface area contributed by atoms with E-state index in [1.165, 1.54) is 17.1 Å². The average molecular weight is 466 g/mol. The molecule has 0 unspecified atom stereocenters. The van der Waals surface area contributed by atoms with Gasteiger partial charge in [0.2, 0.25) is 17.7 Å². The molecule has 0 bridgehead atoms. The number of benzene rings is 1. The number of amides is 3. The molecule has 1 aliphatic heterocycles. The number of hydrazine groups is 1. The lowest BCUT2D eigenvalue weighted by Gasteiger charge is -2.36. The molecular weight excluding hydrogens is 441 g/mol.